The van der Waals surface area contributed by atoms with Crippen molar-refractivity contribution in [2.75, 3.05) is 25.5 Å². The molecule has 1 heterocycles. The van der Waals surface area contributed by atoms with E-state index in [9.17, 15) is 9.90 Å². The second-order valence-corrected chi connectivity index (χ2v) is 5.62. The molecule has 1 aromatic heterocycles. The zero-order valence-electron chi connectivity index (χ0n) is 12.2. The van der Waals surface area contributed by atoms with Crippen molar-refractivity contribution in [2.45, 2.75) is 31.8 Å². The number of aliphatic hydroxyl groups excluding tert-OH is 1. The molecule has 0 saturated heterocycles. The summed E-state index contributed by atoms with van der Waals surface area (Å²) < 4.78 is 0. The third kappa shape index (κ3) is 3.70. The fourth-order valence-electron chi connectivity index (χ4n) is 2.61. The number of rotatable bonds is 5. The summed E-state index contributed by atoms with van der Waals surface area (Å²) in [5.41, 5.74) is 0.572. The van der Waals surface area contributed by atoms with Crippen LogP contribution in [0.15, 0.2) is 18.3 Å². The lowest BCUT2D eigenvalue weighted by atomic mass is 10.0. The lowest BCUT2D eigenvalue weighted by Gasteiger charge is -2.18. The number of aliphatic hydroxyl groups is 1. The van der Waals surface area contributed by atoms with E-state index in [2.05, 4.69) is 10.3 Å². The summed E-state index contributed by atoms with van der Waals surface area (Å²) in [6.07, 6.45) is 5.70. The van der Waals surface area contributed by atoms with Crippen molar-refractivity contribution < 1.29 is 9.90 Å². The first-order chi connectivity index (χ1) is 9.58. The van der Waals surface area contributed by atoms with Gasteiger partial charge in [0.15, 0.2) is 0 Å². The van der Waals surface area contributed by atoms with Crippen LogP contribution in [0.4, 0.5) is 5.82 Å². The quantitative estimate of drug-likeness (QED) is 0.854. The molecule has 1 amide bonds. The zero-order valence-corrected chi connectivity index (χ0v) is 12.2. The smallest absolute Gasteiger partial charge is 0.251 e. The first-order valence-electron chi connectivity index (χ1n) is 7.17. The molecule has 1 saturated carbocycles. The molecule has 5 heteroatoms. The van der Waals surface area contributed by atoms with E-state index in [-0.39, 0.29) is 5.91 Å². The van der Waals surface area contributed by atoms with Crippen LogP contribution >= 0.6 is 0 Å². The average molecular weight is 277 g/mol. The minimum absolute atomic E-state index is 0.160. The maximum atomic E-state index is 12.1. The number of hydrogen-bond donors (Lipinski definition) is 2. The molecule has 5 nitrogen and oxygen atoms in total. The van der Waals surface area contributed by atoms with Gasteiger partial charge >= 0.3 is 0 Å². The maximum Gasteiger partial charge on any atom is 0.251 e. The highest BCUT2D eigenvalue weighted by molar-refractivity contribution is 5.94. The topological polar surface area (TPSA) is 65.5 Å². The Morgan fingerprint density at radius 2 is 2.20 bits per heavy atom. The van der Waals surface area contributed by atoms with Gasteiger partial charge in [0.2, 0.25) is 0 Å². The Balaban J connectivity index is 1.89. The lowest BCUT2D eigenvalue weighted by Crippen LogP contribution is -2.35. The van der Waals surface area contributed by atoms with E-state index in [1.165, 1.54) is 12.8 Å². The van der Waals surface area contributed by atoms with E-state index in [1.54, 1.807) is 18.3 Å². The molecule has 1 fully saturated rings. The van der Waals surface area contributed by atoms with Gasteiger partial charge < -0.3 is 15.3 Å². The fraction of sp³-hybridized carbons (Fsp3) is 0.600. The van der Waals surface area contributed by atoms with Gasteiger partial charge in [0.05, 0.1) is 6.10 Å². The highest BCUT2D eigenvalue weighted by Gasteiger charge is 2.23. The molecule has 0 bridgehead atoms. The summed E-state index contributed by atoms with van der Waals surface area (Å²) in [4.78, 5) is 18.1. The van der Waals surface area contributed by atoms with E-state index in [0.29, 0.717) is 18.0 Å². The Morgan fingerprint density at radius 1 is 1.50 bits per heavy atom. The summed E-state index contributed by atoms with van der Waals surface area (Å²) in [7, 11) is 3.77. The Bertz CT molecular complexity index is 456. The van der Waals surface area contributed by atoms with Gasteiger partial charge in [-0.25, -0.2) is 4.98 Å². The number of carbonyl (C=O) groups excluding carboxylic acids is 1. The molecule has 0 aliphatic heterocycles. The third-order valence-electron chi connectivity index (χ3n) is 3.88. The molecule has 1 aliphatic rings. The first kappa shape index (κ1) is 14.8. The number of hydrogen-bond acceptors (Lipinski definition) is 4. The van der Waals surface area contributed by atoms with Crippen molar-refractivity contribution in [3.63, 3.8) is 0 Å². The highest BCUT2D eigenvalue weighted by Crippen LogP contribution is 2.27. The molecular weight excluding hydrogens is 254 g/mol. The Kier molecular flexibility index (Phi) is 4.95. The maximum absolute atomic E-state index is 12.1. The van der Waals surface area contributed by atoms with Crippen molar-refractivity contribution in [3.8, 4) is 0 Å². The SMILES string of the molecule is CN(C)c1cc(C(=O)NCC(O)C2CCCC2)ccn1. The number of nitrogens with one attached hydrogen (secondary N) is 1. The van der Waals surface area contributed by atoms with Crippen LogP contribution in [0.25, 0.3) is 0 Å². The van der Waals surface area contributed by atoms with E-state index in [1.807, 2.05) is 19.0 Å². The van der Waals surface area contributed by atoms with Gasteiger partial charge in [-0.1, -0.05) is 12.8 Å². The molecule has 20 heavy (non-hydrogen) atoms. The summed E-state index contributed by atoms with van der Waals surface area (Å²) in [5.74, 6) is 0.923. The van der Waals surface area contributed by atoms with Crippen LogP contribution in [0, 0.1) is 5.92 Å². The van der Waals surface area contributed by atoms with Crippen LogP contribution in [0.2, 0.25) is 0 Å². The van der Waals surface area contributed by atoms with Gasteiger partial charge in [-0.05, 0) is 30.9 Å². The molecule has 0 radical (unpaired) electrons. The molecule has 2 N–H and O–H groups in total. The lowest BCUT2D eigenvalue weighted by molar-refractivity contribution is 0.0840. The number of aromatic nitrogens is 1. The van der Waals surface area contributed by atoms with Crippen LogP contribution in [0.3, 0.4) is 0 Å². The minimum Gasteiger partial charge on any atom is -0.391 e. The normalized spacial score (nSPS) is 16.9. The number of nitrogens with zero attached hydrogens (tertiary/aromatic N) is 2. The average Bonchev–Trinajstić information content (AvgIpc) is 2.98. The van der Waals surface area contributed by atoms with Gasteiger partial charge in [0, 0.05) is 32.4 Å². The molecule has 0 spiro atoms. The molecule has 110 valence electrons. The molecule has 0 aromatic carbocycles. The number of carbonyl (C=O) groups is 1. The van der Waals surface area contributed by atoms with Crippen LogP contribution in [0.5, 0.6) is 0 Å². The summed E-state index contributed by atoms with van der Waals surface area (Å²) in [5, 5.41) is 12.9. The third-order valence-corrected chi connectivity index (χ3v) is 3.88. The Morgan fingerprint density at radius 3 is 2.85 bits per heavy atom. The minimum atomic E-state index is -0.434. The van der Waals surface area contributed by atoms with Gasteiger partial charge in [-0.2, -0.15) is 0 Å². The van der Waals surface area contributed by atoms with Crippen molar-refractivity contribution in [3.05, 3.63) is 23.9 Å². The number of pyridine rings is 1. The highest BCUT2D eigenvalue weighted by atomic mass is 16.3. The Hall–Kier alpha value is -1.62. The van der Waals surface area contributed by atoms with Crippen LogP contribution in [-0.4, -0.2) is 42.7 Å². The van der Waals surface area contributed by atoms with Crippen LogP contribution < -0.4 is 10.2 Å². The van der Waals surface area contributed by atoms with Crippen LogP contribution in [-0.2, 0) is 0 Å². The van der Waals surface area contributed by atoms with E-state index >= 15 is 0 Å². The largest absolute Gasteiger partial charge is 0.391 e. The molecular formula is C15H23N3O2. The zero-order chi connectivity index (χ0) is 14.5. The molecule has 1 atom stereocenters. The molecule has 1 aliphatic carbocycles. The second kappa shape index (κ2) is 6.70. The second-order valence-electron chi connectivity index (χ2n) is 5.62. The Labute approximate surface area is 120 Å². The van der Waals surface area contributed by atoms with Crippen molar-refractivity contribution in [1.29, 1.82) is 0 Å². The number of anilines is 1. The monoisotopic (exact) mass is 277 g/mol. The van der Waals surface area contributed by atoms with E-state index in [4.69, 9.17) is 0 Å². The van der Waals surface area contributed by atoms with Crippen molar-refractivity contribution in [1.82, 2.24) is 10.3 Å². The van der Waals surface area contributed by atoms with E-state index < -0.39 is 6.10 Å². The molecule has 1 unspecified atom stereocenters. The predicted octanol–water partition coefficient (Wildman–Crippen LogP) is 1.43. The first-order valence-corrected chi connectivity index (χ1v) is 7.17. The van der Waals surface area contributed by atoms with Gasteiger partial charge in [0.25, 0.3) is 5.91 Å². The predicted molar refractivity (Wildman–Crippen MR) is 78.9 cm³/mol. The van der Waals surface area contributed by atoms with Crippen molar-refractivity contribution >= 4 is 11.7 Å². The standard InChI is InChI=1S/C15H23N3O2/c1-18(2)14-9-12(7-8-16-14)15(20)17-10-13(19)11-5-3-4-6-11/h7-9,11,13,19H,3-6,10H2,1-2H3,(H,17,20). The summed E-state index contributed by atoms with van der Waals surface area (Å²) >= 11 is 0. The fourth-order valence-corrected chi connectivity index (χ4v) is 2.61. The van der Waals surface area contributed by atoms with Crippen molar-refractivity contribution in [2.24, 2.45) is 5.92 Å². The molecule has 1 aromatic rings. The number of amides is 1. The summed E-state index contributed by atoms with van der Waals surface area (Å²) in [6, 6.07) is 3.43. The summed E-state index contributed by atoms with van der Waals surface area (Å²) in [6.45, 7) is 0.323. The van der Waals surface area contributed by atoms with Gasteiger partial charge in [-0.15, -0.1) is 0 Å². The van der Waals surface area contributed by atoms with Crippen LogP contribution in [0.1, 0.15) is 36.0 Å². The van der Waals surface area contributed by atoms with Gasteiger partial charge in [-0.3, -0.25) is 4.79 Å². The molecule has 2 rings (SSSR count). The van der Waals surface area contributed by atoms with E-state index in [0.717, 1.165) is 18.7 Å². The van der Waals surface area contributed by atoms with Gasteiger partial charge in [0.1, 0.15) is 5.82 Å².